The number of halogens is 3. The molecule has 0 aliphatic heterocycles. The molecule has 112 valence electrons. The summed E-state index contributed by atoms with van der Waals surface area (Å²) >= 11 is 12.1. The molecule has 0 atom stereocenters. The second kappa shape index (κ2) is 8.10. The SMILES string of the molecule is CCN(Cc1ccccc1)Cc1cc(F)ccc1P(Cl)Cl. The minimum Gasteiger partial charge on any atom is -0.295 e. The van der Waals surface area contributed by atoms with Crippen LogP contribution in [0, 0.1) is 5.82 Å². The Labute approximate surface area is 136 Å². The molecule has 0 aliphatic rings. The van der Waals surface area contributed by atoms with E-state index in [-0.39, 0.29) is 5.82 Å². The summed E-state index contributed by atoms with van der Waals surface area (Å²) in [5.74, 6) is -0.255. The molecule has 0 aliphatic carbocycles. The summed E-state index contributed by atoms with van der Waals surface area (Å²) in [6.07, 6.45) is 0. The number of nitrogens with zero attached hydrogens (tertiary/aromatic N) is 1. The van der Waals surface area contributed by atoms with Gasteiger partial charge < -0.3 is 0 Å². The third kappa shape index (κ3) is 4.93. The van der Waals surface area contributed by atoms with E-state index in [9.17, 15) is 4.39 Å². The molecular formula is C16H17Cl2FNP. The second-order valence-corrected chi connectivity index (χ2v) is 8.29. The van der Waals surface area contributed by atoms with Crippen LogP contribution in [0.3, 0.4) is 0 Å². The first-order chi connectivity index (χ1) is 10.1. The molecule has 2 rings (SSSR count). The standard InChI is InChI=1S/C16H17Cl2FNP/c1-2-20(11-13-6-4-3-5-7-13)12-14-10-15(19)8-9-16(14)21(17)18/h3-10H,2,11-12H2,1H3. The van der Waals surface area contributed by atoms with Crippen molar-refractivity contribution in [2.45, 2.75) is 20.0 Å². The van der Waals surface area contributed by atoms with E-state index in [0.29, 0.717) is 6.54 Å². The van der Waals surface area contributed by atoms with Crippen molar-refractivity contribution < 1.29 is 4.39 Å². The summed E-state index contributed by atoms with van der Waals surface area (Å²) in [6.45, 7) is 3.14. The van der Waals surface area contributed by atoms with Crippen molar-refractivity contribution in [3.8, 4) is 0 Å². The zero-order chi connectivity index (χ0) is 15.2. The molecule has 0 radical (unpaired) electrons. The predicted molar refractivity (Wildman–Crippen MR) is 90.9 cm³/mol. The minimum absolute atomic E-state index is 0.255. The van der Waals surface area contributed by atoms with Gasteiger partial charge in [0.15, 0.2) is 0 Å². The van der Waals surface area contributed by atoms with Crippen LogP contribution in [0.15, 0.2) is 48.5 Å². The Bertz CT molecular complexity index is 578. The quantitative estimate of drug-likeness (QED) is 0.646. The highest BCUT2D eigenvalue weighted by molar-refractivity contribution is 8.08. The third-order valence-corrected chi connectivity index (χ3v) is 5.21. The fraction of sp³-hybridized carbons (Fsp3) is 0.250. The normalized spacial score (nSPS) is 11.3. The first-order valence-corrected chi connectivity index (χ1v) is 9.91. The van der Waals surface area contributed by atoms with Crippen LogP contribution < -0.4 is 5.30 Å². The van der Waals surface area contributed by atoms with Crippen LogP contribution in [-0.4, -0.2) is 11.4 Å². The second-order valence-electron chi connectivity index (χ2n) is 4.79. The fourth-order valence-electron chi connectivity index (χ4n) is 2.21. The number of benzene rings is 2. The van der Waals surface area contributed by atoms with E-state index in [1.165, 1.54) is 17.7 Å². The van der Waals surface area contributed by atoms with Crippen LogP contribution in [0.4, 0.5) is 4.39 Å². The Hall–Kier alpha value is -0.660. The number of hydrogen-bond donors (Lipinski definition) is 0. The summed E-state index contributed by atoms with van der Waals surface area (Å²) < 4.78 is 13.5. The van der Waals surface area contributed by atoms with Crippen molar-refractivity contribution in [3.63, 3.8) is 0 Å². The molecule has 21 heavy (non-hydrogen) atoms. The Balaban J connectivity index is 2.16. The summed E-state index contributed by atoms with van der Waals surface area (Å²) in [4.78, 5) is 2.24. The van der Waals surface area contributed by atoms with Crippen LogP contribution in [0.2, 0.25) is 0 Å². The van der Waals surface area contributed by atoms with Gasteiger partial charge in [0.2, 0.25) is 0 Å². The zero-order valence-electron chi connectivity index (χ0n) is 11.8. The van der Waals surface area contributed by atoms with Gasteiger partial charge in [0.05, 0.1) is 0 Å². The molecule has 0 saturated heterocycles. The highest BCUT2D eigenvalue weighted by Crippen LogP contribution is 2.46. The summed E-state index contributed by atoms with van der Waals surface area (Å²) in [5, 5.41) is 0.834. The largest absolute Gasteiger partial charge is 0.295 e. The van der Waals surface area contributed by atoms with Gasteiger partial charge in [0.25, 0.3) is 0 Å². The van der Waals surface area contributed by atoms with Gasteiger partial charge in [-0.25, -0.2) is 4.39 Å². The van der Waals surface area contributed by atoms with E-state index in [2.05, 4.69) is 24.0 Å². The maximum absolute atomic E-state index is 13.5. The van der Waals surface area contributed by atoms with Crippen molar-refractivity contribution in [2.75, 3.05) is 6.54 Å². The van der Waals surface area contributed by atoms with Gasteiger partial charge >= 0.3 is 0 Å². The van der Waals surface area contributed by atoms with Crippen molar-refractivity contribution in [3.05, 3.63) is 65.5 Å². The van der Waals surface area contributed by atoms with Crippen molar-refractivity contribution in [2.24, 2.45) is 0 Å². The van der Waals surface area contributed by atoms with Gasteiger partial charge in [-0.15, -0.1) is 0 Å². The van der Waals surface area contributed by atoms with Gasteiger partial charge in [-0.3, -0.25) is 4.90 Å². The van der Waals surface area contributed by atoms with E-state index in [1.54, 1.807) is 6.07 Å². The fourth-order valence-corrected chi connectivity index (χ4v) is 3.74. The Morgan fingerprint density at radius 1 is 1.05 bits per heavy atom. The van der Waals surface area contributed by atoms with E-state index >= 15 is 0 Å². The lowest BCUT2D eigenvalue weighted by Gasteiger charge is -2.22. The van der Waals surface area contributed by atoms with E-state index < -0.39 is 6.63 Å². The Morgan fingerprint density at radius 3 is 2.38 bits per heavy atom. The summed E-state index contributed by atoms with van der Waals surface area (Å²) in [6, 6.07) is 14.8. The zero-order valence-corrected chi connectivity index (χ0v) is 14.2. The van der Waals surface area contributed by atoms with Gasteiger partial charge in [-0.05, 0) is 35.9 Å². The van der Waals surface area contributed by atoms with Crippen LogP contribution in [0.25, 0.3) is 0 Å². The molecule has 1 nitrogen and oxygen atoms in total. The average Bonchev–Trinajstić information content (AvgIpc) is 2.47. The Morgan fingerprint density at radius 2 is 1.76 bits per heavy atom. The molecule has 0 aromatic heterocycles. The predicted octanol–water partition coefficient (Wildman–Crippen LogP) is 5.26. The van der Waals surface area contributed by atoms with Crippen molar-refractivity contribution >= 4 is 34.4 Å². The molecule has 0 spiro atoms. The topological polar surface area (TPSA) is 3.24 Å². The first-order valence-electron chi connectivity index (χ1n) is 6.76. The number of rotatable bonds is 6. The van der Waals surface area contributed by atoms with E-state index in [4.69, 9.17) is 22.5 Å². The lowest BCUT2D eigenvalue weighted by atomic mass is 10.1. The van der Waals surface area contributed by atoms with Gasteiger partial charge in [-0.2, -0.15) is 0 Å². The van der Waals surface area contributed by atoms with Crippen LogP contribution >= 0.6 is 29.1 Å². The van der Waals surface area contributed by atoms with Crippen molar-refractivity contribution in [1.29, 1.82) is 0 Å². The molecule has 0 amide bonds. The molecule has 0 N–H and O–H groups in total. The van der Waals surface area contributed by atoms with Crippen LogP contribution in [0.1, 0.15) is 18.1 Å². The molecule has 0 heterocycles. The number of hydrogen-bond acceptors (Lipinski definition) is 1. The lowest BCUT2D eigenvalue weighted by Crippen LogP contribution is -2.25. The van der Waals surface area contributed by atoms with E-state index in [0.717, 1.165) is 24.0 Å². The summed E-state index contributed by atoms with van der Waals surface area (Å²) in [7, 11) is 0. The lowest BCUT2D eigenvalue weighted by molar-refractivity contribution is 0.272. The molecule has 0 saturated carbocycles. The van der Waals surface area contributed by atoms with Gasteiger partial charge in [-0.1, -0.05) is 59.7 Å². The molecule has 0 unspecified atom stereocenters. The minimum atomic E-state index is -1.27. The van der Waals surface area contributed by atoms with Crippen LogP contribution in [-0.2, 0) is 13.1 Å². The highest BCUT2D eigenvalue weighted by atomic mass is 35.9. The molecule has 5 heteroatoms. The molecule has 2 aromatic carbocycles. The third-order valence-electron chi connectivity index (χ3n) is 3.31. The summed E-state index contributed by atoms with van der Waals surface area (Å²) in [5.41, 5.74) is 2.10. The van der Waals surface area contributed by atoms with Crippen LogP contribution in [0.5, 0.6) is 0 Å². The monoisotopic (exact) mass is 343 g/mol. The maximum Gasteiger partial charge on any atom is 0.123 e. The Kier molecular flexibility index (Phi) is 6.44. The molecule has 0 bridgehead atoms. The van der Waals surface area contributed by atoms with E-state index in [1.807, 2.05) is 18.2 Å². The highest BCUT2D eigenvalue weighted by Gasteiger charge is 2.14. The molecule has 0 fully saturated rings. The maximum atomic E-state index is 13.5. The van der Waals surface area contributed by atoms with Gasteiger partial charge in [0, 0.05) is 18.4 Å². The van der Waals surface area contributed by atoms with Crippen molar-refractivity contribution in [1.82, 2.24) is 4.90 Å². The smallest absolute Gasteiger partial charge is 0.123 e. The first kappa shape index (κ1) is 16.7. The molecule has 2 aromatic rings. The van der Waals surface area contributed by atoms with Gasteiger partial charge in [0.1, 0.15) is 12.4 Å². The average molecular weight is 344 g/mol. The molecular weight excluding hydrogens is 327 g/mol.